The number of carbonyl (C=O) groups excluding carboxylic acids is 2. The summed E-state index contributed by atoms with van der Waals surface area (Å²) < 4.78 is 21.9. The predicted molar refractivity (Wildman–Crippen MR) is 141 cm³/mol. The highest BCUT2D eigenvalue weighted by atomic mass is 35.5. The van der Waals surface area contributed by atoms with Gasteiger partial charge in [0.1, 0.15) is 5.75 Å². The number of nitrogens with zero attached hydrogens (tertiary/aromatic N) is 1. The highest BCUT2D eigenvalue weighted by molar-refractivity contribution is 6.31. The fourth-order valence-corrected chi connectivity index (χ4v) is 4.69. The molecule has 0 saturated carbocycles. The summed E-state index contributed by atoms with van der Waals surface area (Å²) >= 11 is 6.22. The van der Waals surface area contributed by atoms with Crippen LogP contribution in [0.15, 0.2) is 48.5 Å². The Morgan fingerprint density at radius 1 is 0.973 bits per heavy atom. The molecule has 4 rings (SSSR count). The van der Waals surface area contributed by atoms with E-state index in [9.17, 15) is 9.59 Å². The van der Waals surface area contributed by atoms with Crippen molar-refractivity contribution in [3.63, 3.8) is 0 Å². The van der Waals surface area contributed by atoms with E-state index in [1.165, 1.54) is 28.4 Å². The minimum absolute atomic E-state index is 0.0246. The van der Waals surface area contributed by atoms with Crippen molar-refractivity contribution >= 4 is 29.1 Å². The van der Waals surface area contributed by atoms with E-state index < -0.39 is 6.04 Å². The van der Waals surface area contributed by atoms with Crippen molar-refractivity contribution in [2.45, 2.75) is 25.9 Å². The number of rotatable bonds is 9. The summed E-state index contributed by atoms with van der Waals surface area (Å²) in [5, 5.41) is 3.45. The first-order chi connectivity index (χ1) is 17.8. The second-order valence-electron chi connectivity index (χ2n) is 8.62. The molecule has 37 heavy (non-hydrogen) atoms. The molecule has 1 unspecified atom stereocenters. The molecule has 3 aromatic rings. The third-order valence-corrected chi connectivity index (χ3v) is 6.84. The molecule has 2 amide bonds. The maximum Gasteiger partial charge on any atom is 0.255 e. The Morgan fingerprint density at radius 2 is 1.62 bits per heavy atom. The smallest absolute Gasteiger partial charge is 0.255 e. The number of hydrogen-bond donors (Lipinski definition) is 1. The van der Waals surface area contributed by atoms with Crippen molar-refractivity contribution in [3.05, 3.63) is 75.8 Å². The SMILES string of the molecule is COc1cc(Cl)c(C)cc1NC(=O)CC(c1cc(OC)c(OC)c(OC)c1)N1Cc2ccccc2C1=O. The lowest BCUT2D eigenvalue weighted by Crippen LogP contribution is -2.32. The number of aryl methyl sites for hydroxylation is 1. The fourth-order valence-electron chi connectivity index (χ4n) is 4.54. The van der Waals surface area contributed by atoms with Gasteiger partial charge in [-0.05, 0) is 47.9 Å². The van der Waals surface area contributed by atoms with Crippen LogP contribution in [0.1, 0.15) is 39.5 Å². The molecule has 0 aromatic heterocycles. The van der Waals surface area contributed by atoms with Gasteiger partial charge in [-0.3, -0.25) is 9.59 Å². The first-order valence-corrected chi connectivity index (χ1v) is 12.0. The summed E-state index contributed by atoms with van der Waals surface area (Å²) in [6.07, 6.45) is -0.0246. The maximum atomic E-state index is 13.4. The molecule has 1 N–H and O–H groups in total. The molecule has 1 aliphatic rings. The number of amides is 2. The van der Waals surface area contributed by atoms with Gasteiger partial charge in [0, 0.05) is 23.2 Å². The normalized spacial score (nSPS) is 13.1. The highest BCUT2D eigenvalue weighted by Crippen LogP contribution is 2.43. The summed E-state index contributed by atoms with van der Waals surface area (Å²) in [5.41, 5.74) is 3.49. The maximum absolute atomic E-state index is 13.4. The molecule has 8 nitrogen and oxygen atoms in total. The van der Waals surface area contributed by atoms with Crippen LogP contribution in [0.25, 0.3) is 0 Å². The van der Waals surface area contributed by atoms with Gasteiger partial charge >= 0.3 is 0 Å². The summed E-state index contributed by atoms with van der Waals surface area (Å²) in [5.74, 6) is 1.28. The summed E-state index contributed by atoms with van der Waals surface area (Å²) in [7, 11) is 6.08. The van der Waals surface area contributed by atoms with E-state index >= 15 is 0 Å². The number of carbonyl (C=O) groups is 2. The molecular formula is C28H29ClN2O6. The van der Waals surface area contributed by atoms with Crippen LogP contribution < -0.4 is 24.3 Å². The lowest BCUT2D eigenvalue weighted by molar-refractivity contribution is -0.117. The van der Waals surface area contributed by atoms with Crippen molar-refractivity contribution in [1.82, 2.24) is 4.90 Å². The predicted octanol–water partition coefficient (Wildman–Crippen LogP) is 5.41. The van der Waals surface area contributed by atoms with Crippen molar-refractivity contribution in [3.8, 4) is 23.0 Å². The zero-order chi connectivity index (χ0) is 26.7. The standard InChI is InChI=1S/C28H29ClN2O6/c1-16-10-21(23(34-2)13-20(16)29)30-26(32)14-22(31-15-17-8-6-7-9-19(17)28(31)33)18-11-24(35-3)27(37-5)25(12-18)36-4/h6-13,22H,14-15H2,1-5H3,(H,30,32). The van der Waals surface area contributed by atoms with Crippen LogP contribution in [-0.4, -0.2) is 45.2 Å². The average Bonchev–Trinajstić information content (AvgIpc) is 3.24. The number of nitrogens with one attached hydrogen (secondary N) is 1. The Bertz CT molecular complexity index is 1320. The van der Waals surface area contributed by atoms with Crippen LogP contribution >= 0.6 is 11.6 Å². The molecule has 194 valence electrons. The van der Waals surface area contributed by atoms with Crippen LogP contribution in [0.3, 0.4) is 0 Å². The van der Waals surface area contributed by atoms with E-state index in [2.05, 4.69) is 5.32 Å². The van der Waals surface area contributed by atoms with Crippen molar-refractivity contribution in [2.75, 3.05) is 33.8 Å². The first-order valence-electron chi connectivity index (χ1n) is 11.6. The molecule has 0 fully saturated rings. The molecule has 0 radical (unpaired) electrons. The number of methoxy groups -OCH3 is 4. The number of halogens is 1. The zero-order valence-corrected chi connectivity index (χ0v) is 22.1. The minimum atomic E-state index is -0.618. The molecule has 1 heterocycles. The average molecular weight is 525 g/mol. The molecule has 3 aromatic carbocycles. The number of ether oxygens (including phenoxy) is 4. The van der Waals surface area contributed by atoms with Crippen molar-refractivity contribution in [1.29, 1.82) is 0 Å². The first kappa shape index (κ1) is 26.2. The second kappa shape index (κ2) is 11.0. The number of fused-ring (bicyclic) bond motifs is 1. The van der Waals surface area contributed by atoms with Crippen LogP contribution in [0.5, 0.6) is 23.0 Å². The van der Waals surface area contributed by atoms with E-state index in [1.807, 2.05) is 25.1 Å². The van der Waals surface area contributed by atoms with E-state index in [-0.39, 0.29) is 18.2 Å². The molecule has 0 aliphatic carbocycles. The van der Waals surface area contributed by atoms with Gasteiger partial charge < -0.3 is 29.2 Å². The van der Waals surface area contributed by atoms with Gasteiger partial charge in [0.2, 0.25) is 11.7 Å². The van der Waals surface area contributed by atoms with E-state index in [0.29, 0.717) is 51.4 Å². The lowest BCUT2D eigenvalue weighted by atomic mass is 10.00. The number of anilines is 1. The third-order valence-electron chi connectivity index (χ3n) is 6.43. The molecule has 0 bridgehead atoms. The number of benzene rings is 3. The second-order valence-corrected chi connectivity index (χ2v) is 9.03. The summed E-state index contributed by atoms with van der Waals surface area (Å²) in [6, 6.07) is 13.8. The van der Waals surface area contributed by atoms with Gasteiger partial charge in [-0.15, -0.1) is 0 Å². The van der Waals surface area contributed by atoms with E-state index in [4.69, 9.17) is 30.5 Å². The molecule has 0 spiro atoms. The van der Waals surface area contributed by atoms with Gasteiger partial charge in [-0.1, -0.05) is 29.8 Å². The van der Waals surface area contributed by atoms with Gasteiger partial charge in [-0.2, -0.15) is 0 Å². The van der Waals surface area contributed by atoms with E-state index in [0.717, 1.165) is 11.1 Å². The number of hydrogen-bond acceptors (Lipinski definition) is 6. The van der Waals surface area contributed by atoms with E-state index in [1.54, 1.807) is 35.2 Å². The Hall–Kier alpha value is -3.91. The van der Waals surface area contributed by atoms with Gasteiger partial charge in [0.25, 0.3) is 5.91 Å². The molecule has 0 saturated heterocycles. The van der Waals surface area contributed by atoms with Crippen LogP contribution in [-0.2, 0) is 11.3 Å². The molecule has 1 atom stereocenters. The topological polar surface area (TPSA) is 86.3 Å². The Morgan fingerprint density at radius 3 is 2.22 bits per heavy atom. The lowest BCUT2D eigenvalue weighted by Gasteiger charge is -2.29. The monoisotopic (exact) mass is 524 g/mol. The fraction of sp³-hybridized carbons (Fsp3) is 0.286. The van der Waals surface area contributed by atoms with Crippen LogP contribution in [0.2, 0.25) is 5.02 Å². The third kappa shape index (κ3) is 5.15. The summed E-state index contributed by atoms with van der Waals surface area (Å²) in [6.45, 7) is 2.21. The summed E-state index contributed by atoms with van der Waals surface area (Å²) in [4.78, 5) is 28.5. The van der Waals surface area contributed by atoms with Crippen LogP contribution in [0.4, 0.5) is 5.69 Å². The van der Waals surface area contributed by atoms with Crippen LogP contribution in [0, 0.1) is 6.92 Å². The van der Waals surface area contributed by atoms with Gasteiger partial charge in [0.05, 0.1) is 46.6 Å². The van der Waals surface area contributed by atoms with Crippen molar-refractivity contribution < 1.29 is 28.5 Å². The van der Waals surface area contributed by atoms with Gasteiger partial charge in [0.15, 0.2) is 11.5 Å². The van der Waals surface area contributed by atoms with Gasteiger partial charge in [-0.25, -0.2) is 0 Å². The zero-order valence-electron chi connectivity index (χ0n) is 21.4. The molecule has 1 aliphatic heterocycles. The minimum Gasteiger partial charge on any atom is -0.495 e. The Labute approximate surface area is 221 Å². The Balaban J connectivity index is 1.73. The molecule has 9 heteroatoms. The largest absolute Gasteiger partial charge is 0.495 e. The Kier molecular flexibility index (Phi) is 7.78. The highest BCUT2D eigenvalue weighted by Gasteiger charge is 2.35. The van der Waals surface area contributed by atoms with Crippen molar-refractivity contribution in [2.24, 2.45) is 0 Å². The quantitative estimate of drug-likeness (QED) is 0.403. The molecular weight excluding hydrogens is 496 g/mol.